The Hall–Kier alpha value is -0.670. The summed E-state index contributed by atoms with van der Waals surface area (Å²) < 4.78 is 9.74. The first kappa shape index (κ1) is 18.7. The molecule has 0 radical (unpaired) electrons. The van der Waals surface area contributed by atoms with Crippen LogP contribution in [0.15, 0.2) is 24.3 Å². The third kappa shape index (κ3) is 4.67. The van der Waals surface area contributed by atoms with Gasteiger partial charge in [-0.3, -0.25) is 0 Å². The number of nitrogens with zero attached hydrogens (tertiary/aromatic N) is 2. The van der Waals surface area contributed by atoms with E-state index in [2.05, 4.69) is 6.92 Å². The van der Waals surface area contributed by atoms with Crippen molar-refractivity contribution in [2.45, 2.75) is 45.4 Å². The van der Waals surface area contributed by atoms with Gasteiger partial charge in [-0.1, -0.05) is 39.0 Å². The second-order valence-electron chi connectivity index (χ2n) is 6.42. The molecule has 2 rings (SSSR count). The molecule has 23 heavy (non-hydrogen) atoms. The topological polar surface area (TPSA) is 38.8 Å². The Morgan fingerprint density at radius 1 is 0.957 bits per heavy atom. The van der Waals surface area contributed by atoms with Gasteiger partial charge in [0, 0.05) is 14.1 Å². The summed E-state index contributed by atoms with van der Waals surface area (Å²) in [5.74, 6) is 0.874. The number of ether oxygens (including phenoxy) is 1. The van der Waals surface area contributed by atoms with Crippen molar-refractivity contribution < 1.29 is 9.63 Å². The molecule has 130 valence electrons. The Morgan fingerprint density at radius 2 is 1.52 bits per heavy atom. The summed E-state index contributed by atoms with van der Waals surface area (Å²) in [5, 5.41) is 0.895. The summed E-state index contributed by atoms with van der Waals surface area (Å²) in [6.07, 6.45) is 7.61. The molecular formula is C18H31N2O2P. The molecular weight excluding hydrogens is 307 g/mol. The average molecular weight is 338 g/mol. The lowest BCUT2D eigenvalue weighted by molar-refractivity contribution is -0.183. The summed E-state index contributed by atoms with van der Waals surface area (Å²) in [4.78, 5) is 13.2. The van der Waals surface area contributed by atoms with Crippen molar-refractivity contribution in [1.29, 1.82) is 0 Å². The van der Waals surface area contributed by atoms with Crippen LogP contribution in [0.5, 0.6) is 5.75 Å². The van der Waals surface area contributed by atoms with E-state index in [1.807, 2.05) is 47.7 Å². The molecule has 1 fully saturated rings. The Balaban J connectivity index is 1.79. The molecule has 4 nitrogen and oxygen atoms in total. The third-order valence-corrected chi connectivity index (χ3v) is 7.83. The van der Waals surface area contributed by atoms with Crippen LogP contribution in [-0.2, 0) is 0 Å². The van der Waals surface area contributed by atoms with E-state index >= 15 is 0 Å². The van der Waals surface area contributed by atoms with Crippen LogP contribution in [-0.4, -0.2) is 43.1 Å². The van der Waals surface area contributed by atoms with E-state index in [1.54, 1.807) is 0 Å². The number of hydrogen-bond donors (Lipinski definition) is 0. The normalized spacial score (nSPS) is 18.4. The molecule has 0 aromatic heterocycles. The van der Waals surface area contributed by atoms with E-state index in [9.17, 15) is 4.89 Å². The maximum absolute atomic E-state index is 13.2. The van der Waals surface area contributed by atoms with Crippen LogP contribution < -0.4 is 14.9 Å². The molecule has 0 aliphatic carbocycles. The summed E-state index contributed by atoms with van der Waals surface area (Å²) in [6.45, 7) is 4.71. The molecule has 1 aliphatic heterocycles. The highest BCUT2D eigenvalue weighted by atomic mass is 31.2. The largest absolute Gasteiger partial charge is 0.647 e. The van der Waals surface area contributed by atoms with E-state index in [1.165, 1.54) is 32.1 Å². The fraction of sp³-hybridized carbons (Fsp3) is 0.667. The molecule has 0 N–H and O–H groups in total. The zero-order chi connectivity index (χ0) is 16.7. The highest BCUT2D eigenvalue weighted by Crippen LogP contribution is 2.57. The van der Waals surface area contributed by atoms with E-state index in [-0.39, 0.29) is 0 Å². The average Bonchev–Trinajstić information content (AvgIpc) is 2.83. The Labute approximate surface area is 142 Å². The molecule has 1 aromatic carbocycles. The van der Waals surface area contributed by atoms with Crippen LogP contribution in [0.2, 0.25) is 0 Å². The molecule has 0 amide bonds. The minimum atomic E-state index is -2.56. The maximum atomic E-state index is 13.2. The van der Waals surface area contributed by atoms with Crippen LogP contribution in [0.4, 0.5) is 0 Å². The highest BCUT2D eigenvalue weighted by Gasteiger charge is 2.44. The highest BCUT2D eigenvalue weighted by molar-refractivity contribution is 7.72. The lowest BCUT2D eigenvalue weighted by Gasteiger charge is -2.36. The van der Waals surface area contributed by atoms with Gasteiger partial charge in [-0.05, 0) is 30.7 Å². The molecule has 0 saturated carbocycles. The fourth-order valence-corrected chi connectivity index (χ4v) is 5.59. The standard InChI is InChI=1S/C18H31N2O2P/c1-4-5-6-7-8-9-16-22-17-10-12-18(13-11-17)23(21)19(2)14-15-20(23)3/h10-13H,4-9,14-16H2,1-3H3. The van der Waals surface area contributed by atoms with Crippen molar-refractivity contribution in [1.82, 2.24) is 9.34 Å². The van der Waals surface area contributed by atoms with Crippen molar-refractivity contribution in [3.8, 4) is 5.75 Å². The Morgan fingerprint density at radius 3 is 2.13 bits per heavy atom. The minimum absolute atomic E-state index is 0.767. The molecule has 0 atom stereocenters. The third-order valence-electron chi connectivity index (χ3n) is 4.61. The minimum Gasteiger partial charge on any atom is -0.647 e. The van der Waals surface area contributed by atoms with Gasteiger partial charge in [0.25, 0.3) is 0 Å². The summed E-state index contributed by atoms with van der Waals surface area (Å²) >= 11 is 0. The zero-order valence-electron chi connectivity index (χ0n) is 14.8. The number of hydrogen-bond acceptors (Lipinski definition) is 4. The summed E-state index contributed by atoms with van der Waals surface area (Å²) in [7, 11) is 1.31. The molecule has 1 heterocycles. The van der Waals surface area contributed by atoms with Gasteiger partial charge in [-0.15, -0.1) is 0 Å². The smallest absolute Gasteiger partial charge is 0.140 e. The summed E-state index contributed by atoms with van der Waals surface area (Å²) in [5.41, 5.74) is 0. The van der Waals surface area contributed by atoms with Crippen LogP contribution in [0, 0.1) is 0 Å². The fourth-order valence-electron chi connectivity index (χ4n) is 3.02. The van der Waals surface area contributed by atoms with Gasteiger partial charge in [0.1, 0.15) is 18.8 Å². The quantitative estimate of drug-likeness (QED) is 0.512. The van der Waals surface area contributed by atoms with Gasteiger partial charge < -0.3 is 9.63 Å². The molecule has 0 unspecified atom stereocenters. The first-order chi connectivity index (χ1) is 11.1. The first-order valence-electron chi connectivity index (χ1n) is 8.85. The Bertz CT molecular complexity index is 457. The van der Waals surface area contributed by atoms with Crippen LogP contribution in [0.1, 0.15) is 45.4 Å². The van der Waals surface area contributed by atoms with Crippen molar-refractivity contribution in [3.63, 3.8) is 0 Å². The van der Waals surface area contributed by atoms with Crippen LogP contribution in [0.3, 0.4) is 0 Å². The molecule has 1 saturated heterocycles. The van der Waals surface area contributed by atoms with Crippen molar-refractivity contribution in [2.24, 2.45) is 0 Å². The predicted octanol–water partition coefficient (Wildman–Crippen LogP) is 3.05. The first-order valence-corrected chi connectivity index (χ1v) is 10.5. The SMILES string of the molecule is CCCCCCCCOc1ccc([P+]2([O-])N(C)CCN2C)cc1. The van der Waals surface area contributed by atoms with E-state index < -0.39 is 7.79 Å². The van der Waals surface area contributed by atoms with Gasteiger partial charge in [0.05, 0.1) is 19.7 Å². The molecule has 1 aliphatic rings. The van der Waals surface area contributed by atoms with Crippen molar-refractivity contribution >= 4 is 13.1 Å². The monoisotopic (exact) mass is 338 g/mol. The van der Waals surface area contributed by atoms with Crippen molar-refractivity contribution in [2.75, 3.05) is 33.8 Å². The van der Waals surface area contributed by atoms with Gasteiger partial charge in [-0.2, -0.15) is 9.34 Å². The lowest BCUT2D eigenvalue weighted by atomic mass is 10.1. The van der Waals surface area contributed by atoms with Crippen LogP contribution >= 0.6 is 7.79 Å². The predicted molar refractivity (Wildman–Crippen MR) is 97.1 cm³/mol. The molecule has 0 bridgehead atoms. The van der Waals surface area contributed by atoms with Gasteiger partial charge in [0.15, 0.2) is 0 Å². The summed E-state index contributed by atoms with van der Waals surface area (Å²) in [6, 6.07) is 7.81. The molecule has 1 aromatic rings. The number of rotatable bonds is 9. The molecule has 0 spiro atoms. The maximum Gasteiger partial charge on any atom is 0.140 e. The van der Waals surface area contributed by atoms with Gasteiger partial charge in [-0.25, -0.2) is 0 Å². The number of likely N-dealkylation sites (N-methyl/N-ethyl adjacent to an activating group) is 2. The van der Waals surface area contributed by atoms with E-state index in [0.29, 0.717) is 0 Å². The second kappa shape index (κ2) is 8.98. The van der Waals surface area contributed by atoms with Gasteiger partial charge >= 0.3 is 0 Å². The zero-order valence-corrected chi connectivity index (χ0v) is 15.7. The number of unbranched alkanes of at least 4 members (excludes halogenated alkanes) is 5. The second-order valence-corrected chi connectivity index (χ2v) is 9.39. The van der Waals surface area contributed by atoms with Crippen molar-refractivity contribution in [3.05, 3.63) is 24.3 Å². The van der Waals surface area contributed by atoms with E-state index in [4.69, 9.17) is 4.74 Å². The van der Waals surface area contributed by atoms with Crippen LogP contribution in [0.25, 0.3) is 0 Å². The Kier molecular flexibility index (Phi) is 7.29. The number of benzene rings is 1. The van der Waals surface area contributed by atoms with Gasteiger partial charge in [0.2, 0.25) is 0 Å². The lowest BCUT2D eigenvalue weighted by Crippen LogP contribution is -2.37. The van der Waals surface area contributed by atoms with E-state index in [0.717, 1.165) is 37.2 Å². The molecule has 5 heteroatoms.